The van der Waals surface area contributed by atoms with E-state index in [2.05, 4.69) is 26.4 Å². The number of carbonyl (C=O) groups is 1. The molecule has 1 amide bonds. The van der Waals surface area contributed by atoms with E-state index in [0.717, 1.165) is 23.2 Å². The normalized spacial score (nSPS) is 12.9. The van der Waals surface area contributed by atoms with E-state index < -0.39 is 0 Å². The first-order valence-corrected chi connectivity index (χ1v) is 11.5. The molecule has 0 saturated carbocycles. The molecule has 0 saturated heterocycles. The topological polar surface area (TPSA) is 89.9 Å². The van der Waals surface area contributed by atoms with Crippen molar-refractivity contribution in [2.75, 3.05) is 17.2 Å². The van der Waals surface area contributed by atoms with Crippen LogP contribution in [0.4, 0.5) is 5.69 Å². The molecule has 0 N–H and O–H groups in total. The molecule has 2 aromatic carbocycles. The molecule has 0 spiro atoms. The van der Waals surface area contributed by atoms with Crippen molar-refractivity contribution < 1.29 is 9.32 Å². The second-order valence-corrected chi connectivity index (χ2v) is 8.50. The van der Waals surface area contributed by atoms with Crippen molar-refractivity contribution in [3.63, 3.8) is 0 Å². The molecule has 1 aliphatic rings. The summed E-state index contributed by atoms with van der Waals surface area (Å²) < 4.78 is 7.37. The maximum atomic E-state index is 12.9. The van der Waals surface area contributed by atoms with Crippen LogP contribution in [0.1, 0.15) is 18.1 Å². The van der Waals surface area contributed by atoms with Crippen LogP contribution in [0, 0.1) is 6.92 Å². The van der Waals surface area contributed by atoms with Crippen LogP contribution in [0.3, 0.4) is 0 Å². The molecular weight excluding hydrogens is 424 g/mol. The highest BCUT2D eigenvalue weighted by atomic mass is 32.2. The number of nitrogens with zero attached hydrogens (tertiary/aromatic N) is 6. The summed E-state index contributed by atoms with van der Waals surface area (Å²) in [6, 6.07) is 16.0. The van der Waals surface area contributed by atoms with Crippen LogP contribution in [-0.2, 0) is 17.8 Å². The van der Waals surface area contributed by atoms with Crippen LogP contribution in [-0.4, -0.2) is 43.1 Å². The van der Waals surface area contributed by atoms with Crippen LogP contribution in [0.15, 0.2) is 58.2 Å². The Morgan fingerprint density at radius 3 is 2.88 bits per heavy atom. The minimum atomic E-state index is 0.0617. The molecule has 9 heteroatoms. The molecule has 2 aromatic heterocycles. The molecule has 4 aromatic rings. The number of aryl methyl sites for hydroxylation is 1. The number of para-hydroxylation sites is 1. The van der Waals surface area contributed by atoms with Gasteiger partial charge >= 0.3 is 0 Å². The average molecular weight is 447 g/mol. The molecule has 32 heavy (non-hydrogen) atoms. The summed E-state index contributed by atoms with van der Waals surface area (Å²) in [5.41, 5.74) is 4.22. The number of amides is 1. The van der Waals surface area contributed by atoms with Gasteiger partial charge < -0.3 is 9.42 Å². The van der Waals surface area contributed by atoms with Crippen molar-refractivity contribution in [2.24, 2.45) is 0 Å². The van der Waals surface area contributed by atoms with Crippen LogP contribution in [0.2, 0.25) is 0 Å². The largest absolute Gasteiger partial charge is 0.330 e. The molecule has 0 radical (unpaired) electrons. The number of benzene rings is 2. The van der Waals surface area contributed by atoms with Crippen molar-refractivity contribution in [3.05, 3.63) is 59.7 Å². The fourth-order valence-electron chi connectivity index (χ4n) is 3.86. The van der Waals surface area contributed by atoms with Crippen LogP contribution >= 0.6 is 11.8 Å². The SMILES string of the molecule is CCn1c(SCC(=O)N2CCc3ccccc32)nnc1-c1nc(-c2cccc(C)c2)no1. The monoisotopic (exact) mass is 446 g/mol. The second-order valence-electron chi connectivity index (χ2n) is 7.56. The lowest BCUT2D eigenvalue weighted by Gasteiger charge is -2.16. The average Bonchev–Trinajstić information content (AvgIpc) is 3.55. The zero-order valence-electron chi connectivity index (χ0n) is 17.9. The van der Waals surface area contributed by atoms with Gasteiger partial charge in [0.1, 0.15) is 0 Å². The molecule has 0 aliphatic carbocycles. The van der Waals surface area contributed by atoms with Crippen molar-refractivity contribution in [2.45, 2.75) is 32.0 Å². The highest BCUT2D eigenvalue weighted by Crippen LogP contribution is 2.30. The van der Waals surface area contributed by atoms with E-state index in [0.29, 0.717) is 35.8 Å². The summed E-state index contributed by atoms with van der Waals surface area (Å²) in [5.74, 6) is 1.66. The number of aromatic nitrogens is 5. The highest BCUT2D eigenvalue weighted by Gasteiger charge is 2.25. The fourth-order valence-corrected chi connectivity index (χ4v) is 4.73. The van der Waals surface area contributed by atoms with Gasteiger partial charge in [0.2, 0.25) is 17.6 Å². The lowest BCUT2D eigenvalue weighted by molar-refractivity contribution is -0.116. The zero-order valence-corrected chi connectivity index (χ0v) is 18.7. The Morgan fingerprint density at radius 2 is 2.03 bits per heavy atom. The Hall–Kier alpha value is -3.46. The number of rotatable bonds is 6. The zero-order chi connectivity index (χ0) is 22.1. The molecule has 1 aliphatic heterocycles. The van der Waals surface area contributed by atoms with Gasteiger partial charge in [-0.15, -0.1) is 10.2 Å². The van der Waals surface area contributed by atoms with Crippen molar-refractivity contribution in [3.8, 4) is 23.1 Å². The van der Waals surface area contributed by atoms with E-state index in [4.69, 9.17) is 4.52 Å². The Morgan fingerprint density at radius 1 is 1.16 bits per heavy atom. The van der Waals surface area contributed by atoms with E-state index in [1.165, 1.54) is 17.3 Å². The molecule has 0 unspecified atom stereocenters. The van der Waals surface area contributed by atoms with Gasteiger partial charge in [-0.3, -0.25) is 9.36 Å². The standard InChI is InChI=1S/C23H22N6O2S/c1-3-28-21(22-24-20(27-31-22)17-9-6-7-15(2)13-17)25-26-23(28)32-14-19(30)29-12-11-16-8-4-5-10-18(16)29/h4-10,13H,3,11-12,14H2,1-2H3. The Kier molecular flexibility index (Phi) is 5.48. The predicted molar refractivity (Wildman–Crippen MR) is 122 cm³/mol. The Labute approximate surface area is 189 Å². The lowest BCUT2D eigenvalue weighted by atomic mass is 10.1. The fraction of sp³-hybridized carbons (Fsp3) is 0.261. The van der Waals surface area contributed by atoms with Gasteiger partial charge in [0.25, 0.3) is 5.89 Å². The van der Waals surface area contributed by atoms with E-state index in [1.807, 2.05) is 65.8 Å². The van der Waals surface area contributed by atoms with Gasteiger partial charge in [-0.1, -0.05) is 58.9 Å². The van der Waals surface area contributed by atoms with E-state index in [9.17, 15) is 4.79 Å². The summed E-state index contributed by atoms with van der Waals surface area (Å²) in [5, 5.41) is 13.3. The number of hydrogen-bond donors (Lipinski definition) is 0. The first-order valence-electron chi connectivity index (χ1n) is 10.5. The van der Waals surface area contributed by atoms with Crippen molar-refractivity contribution in [1.82, 2.24) is 24.9 Å². The summed E-state index contributed by atoms with van der Waals surface area (Å²) in [7, 11) is 0. The third-order valence-corrected chi connectivity index (χ3v) is 6.39. The molecule has 0 atom stereocenters. The molecular formula is C23H22N6O2S. The Balaban J connectivity index is 1.32. The summed E-state index contributed by atoms with van der Waals surface area (Å²) in [6.45, 7) is 5.35. The maximum absolute atomic E-state index is 12.9. The molecule has 8 nitrogen and oxygen atoms in total. The van der Waals surface area contributed by atoms with Gasteiger partial charge in [-0.2, -0.15) is 4.98 Å². The number of hydrogen-bond acceptors (Lipinski definition) is 7. The van der Waals surface area contributed by atoms with Crippen LogP contribution in [0.25, 0.3) is 23.1 Å². The van der Waals surface area contributed by atoms with Gasteiger partial charge in [-0.25, -0.2) is 0 Å². The van der Waals surface area contributed by atoms with Crippen molar-refractivity contribution in [1.29, 1.82) is 0 Å². The Bertz CT molecular complexity index is 1280. The van der Waals surface area contributed by atoms with E-state index in [-0.39, 0.29) is 11.7 Å². The summed E-state index contributed by atoms with van der Waals surface area (Å²) in [6.07, 6.45) is 0.891. The van der Waals surface area contributed by atoms with E-state index >= 15 is 0 Å². The number of thioether (sulfide) groups is 1. The highest BCUT2D eigenvalue weighted by molar-refractivity contribution is 7.99. The second kappa shape index (κ2) is 8.58. The van der Waals surface area contributed by atoms with E-state index in [1.54, 1.807) is 0 Å². The number of anilines is 1. The minimum Gasteiger partial charge on any atom is -0.330 e. The first-order chi connectivity index (χ1) is 15.6. The van der Waals surface area contributed by atoms with Crippen molar-refractivity contribution >= 4 is 23.4 Å². The third-order valence-electron chi connectivity index (χ3n) is 5.44. The molecule has 0 bridgehead atoms. The lowest BCUT2D eigenvalue weighted by Crippen LogP contribution is -2.30. The molecule has 3 heterocycles. The quantitative estimate of drug-likeness (QED) is 0.414. The summed E-state index contributed by atoms with van der Waals surface area (Å²) in [4.78, 5) is 19.2. The summed E-state index contributed by atoms with van der Waals surface area (Å²) >= 11 is 1.37. The first kappa shape index (κ1) is 20.4. The van der Waals surface area contributed by atoms with Gasteiger partial charge in [0.05, 0.1) is 5.75 Å². The third kappa shape index (κ3) is 3.80. The van der Waals surface area contributed by atoms with Gasteiger partial charge in [0, 0.05) is 24.3 Å². The maximum Gasteiger partial charge on any atom is 0.296 e. The van der Waals surface area contributed by atoms with Gasteiger partial charge in [-0.05, 0) is 38.0 Å². The smallest absolute Gasteiger partial charge is 0.296 e. The molecule has 0 fully saturated rings. The molecule has 162 valence electrons. The van der Waals surface area contributed by atoms with Gasteiger partial charge in [0.15, 0.2) is 5.16 Å². The minimum absolute atomic E-state index is 0.0617. The number of carbonyl (C=O) groups excluding carboxylic acids is 1. The van der Waals surface area contributed by atoms with Crippen LogP contribution < -0.4 is 4.90 Å². The van der Waals surface area contributed by atoms with Crippen LogP contribution in [0.5, 0.6) is 0 Å². The predicted octanol–water partition coefficient (Wildman–Crippen LogP) is 4.00. The molecule has 5 rings (SSSR count). The number of fused-ring (bicyclic) bond motifs is 1.